The number of aliphatic hydroxyl groups excluding tert-OH is 9. The van der Waals surface area contributed by atoms with Crippen LogP contribution in [0.2, 0.25) is 0 Å². The molecule has 3 rings (SSSR count). The zero-order valence-electron chi connectivity index (χ0n) is 16.8. The third-order valence-corrected chi connectivity index (χ3v) is 5.43. The maximum atomic E-state index is 11.4. The Labute approximate surface area is 185 Å². The molecule has 0 amide bonds. The van der Waals surface area contributed by atoms with Gasteiger partial charge in [-0.1, -0.05) is 0 Å². The fraction of sp³-hybridized carbons (Fsp3) is 0.824. The Kier molecular flexibility index (Phi) is 8.10. The summed E-state index contributed by atoms with van der Waals surface area (Å²) in [6.07, 6.45) is -21.8. The lowest BCUT2D eigenvalue weighted by atomic mass is 9.98. The summed E-state index contributed by atoms with van der Waals surface area (Å²) in [5.41, 5.74) is 0. The molecule has 3 aliphatic rings. The molecule has 0 aromatic heterocycles. The van der Waals surface area contributed by atoms with Crippen molar-refractivity contribution in [1.29, 1.82) is 0 Å². The summed E-state index contributed by atoms with van der Waals surface area (Å²) >= 11 is 0. The lowest BCUT2D eigenvalue weighted by molar-refractivity contribution is -0.355. The van der Waals surface area contributed by atoms with Crippen molar-refractivity contribution in [1.82, 2.24) is 0 Å². The van der Waals surface area contributed by atoms with E-state index in [1.807, 2.05) is 0 Å². The zero-order valence-corrected chi connectivity index (χ0v) is 16.8. The number of carbonyl (C=O) groups is 1. The van der Waals surface area contributed by atoms with Crippen molar-refractivity contribution in [2.24, 2.45) is 0 Å². The summed E-state index contributed by atoms with van der Waals surface area (Å²) in [4.78, 5) is 11.4. The van der Waals surface area contributed by atoms with Crippen LogP contribution in [0.15, 0.2) is 11.5 Å². The maximum Gasteiger partial charge on any atom is 0.335 e. The van der Waals surface area contributed by atoms with Gasteiger partial charge in [-0.25, -0.2) is 4.79 Å². The van der Waals surface area contributed by atoms with Crippen LogP contribution < -0.4 is 0 Å². The van der Waals surface area contributed by atoms with E-state index in [2.05, 4.69) is 0 Å². The van der Waals surface area contributed by atoms with Crippen LogP contribution in [0.4, 0.5) is 0 Å². The van der Waals surface area contributed by atoms with E-state index >= 15 is 0 Å². The molecule has 0 bridgehead atoms. The van der Waals surface area contributed by atoms with E-state index in [0.717, 1.165) is 0 Å². The average Bonchev–Trinajstić information content (AvgIpc) is 3.05. The third kappa shape index (κ3) is 4.92. The second-order valence-electron chi connectivity index (χ2n) is 7.58. The smallest absolute Gasteiger partial charge is 0.335 e. The van der Waals surface area contributed by atoms with Crippen molar-refractivity contribution >= 4 is 5.97 Å². The monoisotopic (exact) mass is 486 g/mol. The van der Waals surface area contributed by atoms with E-state index in [0.29, 0.717) is 0 Å². The molecule has 7 unspecified atom stereocenters. The number of aliphatic hydroxyl groups is 9. The normalized spacial score (nSPS) is 46.5. The van der Waals surface area contributed by atoms with Gasteiger partial charge in [0.05, 0.1) is 13.2 Å². The molecule has 0 aromatic carbocycles. The molecular formula is C17H26O16. The molecule has 0 aromatic rings. The number of aliphatic carboxylic acids is 1. The Morgan fingerprint density at radius 2 is 1.42 bits per heavy atom. The van der Waals surface area contributed by atoms with Crippen LogP contribution in [0, 0.1) is 0 Å². The van der Waals surface area contributed by atoms with E-state index in [1.165, 1.54) is 0 Å². The number of carboxylic acids is 1. The van der Waals surface area contributed by atoms with E-state index in [-0.39, 0.29) is 0 Å². The Morgan fingerprint density at radius 3 is 1.97 bits per heavy atom. The molecule has 12 atom stereocenters. The molecule has 190 valence electrons. The van der Waals surface area contributed by atoms with Crippen molar-refractivity contribution in [3.63, 3.8) is 0 Å². The Hall–Kier alpha value is -1.67. The quantitative estimate of drug-likeness (QED) is 0.161. The van der Waals surface area contributed by atoms with Crippen LogP contribution >= 0.6 is 0 Å². The molecule has 10 N–H and O–H groups in total. The largest absolute Gasteiger partial charge is 0.506 e. The molecule has 0 spiro atoms. The summed E-state index contributed by atoms with van der Waals surface area (Å²) in [5.74, 6) is -3.59. The van der Waals surface area contributed by atoms with Gasteiger partial charge in [0.25, 0.3) is 0 Å². The fourth-order valence-electron chi connectivity index (χ4n) is 3.61. The van der Waals surface area contributed by atoms with E-state index < -0.39 is 105 Å². The van der Waals surface area contributed by atoms with Crippen LogP contribution in [0.1, 0.15) is 0 Å². The summed E-state index contributed by atoms with van der Waals surface area (Å²) in [6, 6.07) is 0. The van der Waals surface area contributed by atoms with Crippen LogP contribution in [0.3, 0.4) is 0 Å². The molecule has 16 heteroatoms. The van der Waals surface area contributed by atoms with Crippen LogP contribution in [0.25, 0.3) is 0 Å². The summed E-state index contributed by atoms with van der Waals surface area (Å²) in [6.45, 7) is -1.56. The van der Waals surface area contributed by atoms with Gasteiger partial charge in [0.15, 0.2) is 42.6 Å². The van der Waals surface area contributed by atoms with E-state index in [4.69, 9.17) is 23.7 Å². The molecule has 0 radical (unpaired) electrons. The van der Waals surface area contributed by atoms with Crippen molar-refractivity contribution in [3.05, 3.63) is 11.5 Å². The molecular weight excluding hydrogens is 460 g/mol. The maximum absolute atomic E-state index is 11.4. The number of hydrogen-bond acceptors (Lipinski definition) is 15. The highest BCUT2D eigenvalue weighted by molar-refractivity contribution is 5.73. The van der Waals surface area contributed by atoms with Crippen LogP contribution in [-0.2, 0) is 28.5 Å². The van der Waals surface area contributed by atoms with Gasteiger partial charge in [-0.2, -0.15) is 0 Å². The van der Waals surface area contributed by atoms with Crippen LogP contribution in [-0.4, -0.2) is 144 Å². The highest BCUT2D eigenvalue weighted by Crippen LogP contribution is 2.33. The Bertz CT molecular complexity index is 730. The molecule has 2 fully saturated rings. The lowest BCUT2D eigenvalue weighted by Crippen LogP contribution is -2.64. The first-order valence-electron chi connectivity index (χ1n) is 9.75. The predicted octanol–water partition coefficient (Wildman–Crippen LogP) is -5.24. The van der Waals surface area contributed by atoms with Gasteiger partial charge in [-0.3, -0.25) is 0 Å². The molecule has 16 nitrogen and oxygen atoms in total. The standard InChI is InChI=1S/C17H26O16/c18-1-3-5(20)7(22)9(24)17(29-3)33-13-11(10(25)12(14(26)27)31-15(13)28)32-16-8(23)6(21)4(2-19)30-16/h3-4,6,8-13,15-25,28H,1-2H2,(H,26,27)/t3?,4-,6?,8?,9?,10-,11?,12?,13?,15+,16-,17-/m0/s1. The van der Waals surface area contributed by atoms with Gasteiger partial charge in [-0.05, 0) is 0 Å². The fourth-order valence-corrected chi connectivity index (χ4v) is 3.61. The minimum Gasteiger partial charge on any atom is -0.506 e. The zero-order chi connectivity index (χ0) is 24.6. The second-order valence-corrected chi connectivity index (χ2v) is 7.58. The number of hydrogen-bond donors (Lipinski definition) is 10. The summed E-state index contributed by atoms with van der Waals surface area (Å²) < 4.78 is 25.8. The first-order chi connectivity index (χ1) is 15.5. The molecule has 0 saturated carbocycles. The molecule has 0 aliphatic carbocycles. The van der Waals surface area contributed by atoms with Crippen molar-refractivity contribution in [2.45, 2.75) is 73.8 Å². The molecule has 3 aliphatic heterocycles. The van der Waals surface area contributed by atoms with E-state index in [9.17, 15) is 55.9 Å². The number of ether oxygens (including phenoxy) is 5. The SMILES string of the molecule is O=C(O)C1O[C@@H](O)C(O[C@@H]2OC(CO)C(O)=C(O)C2O)C(O[C@@H]2O[C@@H](CO)C(O)C2O)[C@@H]1O. The first-order valence-corrected chi connectivity index (χ1v) is 9.75. The molecule has 33 heavy (non-hydrogen) atoms. The number of carboxylic acid groups (broad SMARTS) is 1. The Morgan fingerprint density at radius 1 is 0.788 bits per heavy atom. The third-order valence-electron chi connectivity index (χ3n) is 5.43. The van der Waals surface area contributed by atoms with Gasteiger partial charge in [-0.15, -0.1) is 0 Å². The first kappa shape index (κ1) is 25.9. The van der Waals surface area contributed by atoms with Crippen molar-refractivity contribution < 1.29 is 79.5 Å². The summed E-state index contributed by atoms with van der Waals surface area (Å²) in [5, 5.41) is 98.2. The molecule has 3 heterocycles. The van der Waals surface area contributed by atoms with Gasteiger partial charge >= 0.3 is 5.97 Å². The van der Waals surface area contributed by atoms with Crippen molar-refractivity contribution in [3.8, 4) is 0 Å². The number of rotatable bonds is 7. The predicted molar refractivity (Wildman–Crippen MR) is 96.1 cm³/mol. The van der Waals surface area contributed by atoms with Gasteiger partial charge in [0.1, 0.15) is 42.7 Å². The average molecular weight is 486 g/mol. The van der Waals surface area contributed by atoms with Crippen LogP contribution in [0.5, 0.6) is 0 Å². The lowest BCUT2D eigenvalue weighted by Gasteiger charge is -2.44. The minimum absolute atomic E-state index is 0.714. The van der Waals surface area contributed by atoms with Gasteiger partial charge in [0.2, 0.25) is 0 Å². The van der Waals surface area contributed by atoms with E-state index in [1.54, 1.807) is 0 Å². The highest BCUT2D eigenvalue weighted by Gasteiger charge is 2.54. The van der Waals surface area contributed by atoms with Gasteiger partial charge < -0.3 is 74.7 Å². The molecule has 2 saturated heterocycles. The highest BCUT2D eigenvalue weighted by atomic mass is 16.8. The minimum atomic E-state index is -2.14. The Balaban J connectivity index is 1.85. The van der Waals surface area contributed by atoms with Gasteiger partial charge in [0, 0.05) is 0 Å². The van der Waals surface area contributed by atoms with Crippen molar-refractivity contribution in [2.75, 3.05) is 13.2 Å². The second kappa shape index (κ2) is 10.3. The summed E-state index contributed by atoms with van der Waals surface area (Å²) in [7, 11) is 0. The topological polar surface area (TPSA) is 266 Å².